The molecule has 0 radical (unpaired) electrons. The van der Waals surface area contributed by atoms with Crippen LogP contribution in [0.25, 0.3) is 0 Å². The van der Waals surface area contributed by atoms with Crippen molar-refractivity contribution in [2.75, 3.05) is 5.88 Å². The van der Waals surface area contributed by atoms with Gasteiger partial charge in [0, 0.05) is 6.42 Å². The summed E-state index contributed by atoms with van der Waals surface area (Å²) in [4.78, 5) is 23.5. The van der Waals surface area contributed by atoms with Gasteiger partial charge in [-0.25, -0.2) is 0 Å². The number of nitrogens with one attached hydrogen (secondary N) is 1. The molecular weight excluding hydrogens is 250 g/mol. The van der Waals surface area contributed by atoms with E-state index >= 15 is 0 Å². The highest BCUT2D eigenvalue weighted by molar-refractivity contribution is 6.27. The molecule has 0 saturated heterocycles. The SMILES string of the molecule is CCCCC(=O)C(NC(=O)CCl)c1ccccc1. The minimum Gasteiger partial charge on any atom is -0.341 e. The van der Waals surface area contributed by atoms with E-state index in [4.69, 9.17) is 11.6 Å². The highest BCUT2D eigenvalue weighted by atomic mass is 35.5. The van der Waals surface area contributed by atoms with E-state index in [1.54, 1.807) is 0 Å². The Morgan fingerprint density at radius 3 is 2.50 bits per heavy atom. The van der Waals surface area contributed by atoms with Crippen LogP contribution in [0.5, 0.6) is 0 Å². The summed E-state index contributed by atoms with van der Waals surface area (Å²) in [6, 6.07) is 8.67. The van der Waals surface area contributed by atoms with E-state index < -0.39 is 6.04 Å². The number of hydrogen-bond donors (Lipinski definition) is 1. The normalized spacial score (nSPS) is 11.9. The number of amides is 1. The molecule has 3 nitrogen and oxygen atoms in total. The Labute approximate surface area is 113 Å². The fourth-order valence-electron chi connectivity index (χ4n) is 1.69. The Balaban J connectivity index is 2.81. The first-order valence-electron chi connectivity index (χ1n) is 6.12. The largest absolute Gasteiger partial charge is 0.341 e. The molecule has 4 heteroatoms. The zero-order chi connectivity index (χ0) is 13.4. The molecule has 0 fully saturated rings. The average Bonchev–Trinajstić information content (AvgIpc) is 2.42. The molecule has 1 N–H and O–H groups in total. The number of benzene rings is 1. The summed E-state index contributed by atoms with van der Waals surface area (Å²) in [7, 11) is 0. The maximum absolute atomic E-state index is 12.1. The number of rotatable bonds is 7. The van der Waals surface area contributed by atoms with Crippen LogP contribution in [-0.2, 0) is 9.59 Å². The van der Waals surface area contributed by atoms with Gasteiger partial charge in [-0.1, -0.05) is 43.7 Å². The molecule has 1 aromatic rings. The standard InChI is InChI=1S/C14H18ClNO2/c1-2-3-9-12(17)14(16-13(18)10-15)11-7-5-4-6-8-11/h4-8,14H,2-3,9-10H2,1H3,(H,16,18). The lowest BCUT2D eigenvalue weighted by atomic mass is 9.99. The van der Waals surface area contributed by atoms with Crippen molar-refractivity contribution in [1.29, 1.82) is 0 Å². The van der Waals surface area contributed by atoms with Crippen LogP contribution in [0.15, 0.2) is 30.3 Å². The molecule has 0 aliphatic rings. The number of alkyl halides is 1. The summed E-state index contributed by atoms with van der Waals surface area (Å²) < 4.78 is 0. The Morgan fingerprint density at radius 1 is 1.28 bits per heavy atom. The molecule has 1 aromatic carbocycles. The molecule has 1 atom stereocenters. The van der Waals surface area contributed by atoms with Crippen LogP contribution in [0.1, 0.15) is 37.8 Å². The number of hydrogen-bond acceptors (Lipinski definition) is 2. The lowest BCUT2D eigenvalue weighted by Gasteiger charge is -2.17. The average molecular weight is 268 g/mol. The van der Waals surface area contributed by atoms with E-state index in [0.717, 1.165) is 18.4 Å². The molecule has 0 aliphatic heterocycles. The first-order chi connectivity index (χ1) is 8.69. The molecule has 1 amide bonds. The quantitative estimate of drug-likeness (QED) is 0.772. The fraction of sp³-hybridized carbons (Fsp3) is 0.429. The van der Waals surface area contributed by atoms with Gasteiger partial charge in [0.1, 0.15) is 11.9 Å². The van der Waals surface area contributed by atoms with Gasteiger partial charge in [0.15, 0.2) is 5.78 Å². The van der Waals surface area contributed by atoms with Crippen LogP contribution < -0.4 is 5.32 Å². The number of carbonyl (C=O) groups excluding carboxylic acids is 2. The number of carbonyl (C=O) groups is 2. The zero-order valence-electron chi connectivity index (χ0n) is 10.5. The second-order valence-electron chi connectivity index (χ2n) is 4.11. The Morgan fingerprint density at radius 2 is 1.94 bits per heavy atom. The van der Waals surface area contributed by atoms with Crippen LogP contribution in [0.3, 0.4) is 0 Å². The molecule has 0 heterocycles. The van der Waals surface area contributed by atoms with Crippen LogP contribution in [0, 0.1) is 0 Å². The monoisotopic (exact) mass is 267 g/mol. The third-order valence-corrected chi connectivity index (χ3v) is 2.90. The number of halogens is 1. The highest BCUT2D eigenvalue weighted by Crippen LogP contribution is 2.16. The van der Waals surface area contributed by atoms with Gasteiger partial charge < -0.3 is 5.32 Å². The van der Waals surface area contributed by atoms with Gasteiger partial charge in [0.2, 0.25) is 5.91 Å². The Kier molecular flexibility index (Phi) is 6.44. The molecule has 0 saturated carbocycles. The molecule has 18 heavy (non-hydrogen) atoms. The smallest absolute Gasteiger partial charge is 0.235 e. The van der Waals surface area contributed by atoms with Gasteiger partial charge >= 0.3 is 0 Å². The molecule has 98 valence electrons. The van der Waals surface area contributed by atoms with Crippen LogP contribution in [-0.4, -0.2) is 17.6 Å². The maximum atomic E-state index is 12.1. The topological polar surface area (TPSA) is 46.2 Å². The summed E-state index contributed by atoms with van der Waals surface area (Å²) >= 11 is 5.47. The van der Waals surface area contributed by atoms with E-state index in [0.29, 0.717) is 6.42 Å². The first-order valence-corrected chi connectivity index (χ1v) is 6.65. The van der Waals surface area contributed by atoms with E-state index in [1.807, 2.05) is 37.3 Å². The lowest BCUT2D eigenvalue weighted by Crippen LogP contribution is -2.34. The predicted molar refractivity (Wildman–Crippen MR) is 72.6 cm³/mol. The minimum absolute atomic E-state index is 0.0292. The predicted octanol–water partition coefficient (Wildman–Crippen LogP) is 2.84. The number of ketones is 1. The van der Waals surface area contributed by atoms with Gasteiger partial charge in [0.05, 0.1) is 0 Å². The molecule has 0 aliphatic carbocycles. The summed E-state index contributed by atoms with van der Waals surface area (Å²) in [6.45, 7) is 2.03. The van der Waals surface area contributed by atoms with E-state index in [9.17, 15) is 9.59 Å². The molecular formula is C14H18ClNO2. The van der Waals surface area contributed by atoms with Crippen molar-refractivity contribution < 1.29 is 9.59 Å². The summed E-state index contributed by atoms with van der Waals surface area (Å²) in [5.74, 6) is -0.429. The van der Waals surface area contributed by atoms with E-state index in [-0.39, 0.29) is 17.6 Å². The van der Waals surface area contributed by atoms with Crippen LogP contribution >= 0.6 is 11.6 Å². The van der Waals surface area contributed by atoms with Gasteiger partial charge in [0.25, 0.3) is 0 Å². The van der Waals surface area contributed by atoms with Gasteiger partial charge in [-0.2, -0.15) is 0 Å². The van der Waals surface area contributed by atoms with Crippen molar-refractivity contribution in [3.63, 3.8) is 0 Å². The van der Waals surface area contributed by atoms with Crippen LogP contribution in [0.2, 0.25) is 0 Å². The maximum Gasteiger partial charge on any atom is 0.235 e. The summed E-state index contributed by atoms with van der Waals surface area (Å²) in [5, 5.41) is 2.67. The van der Waals surface area contributed by atoms with E-state index in [1.165, 1.54) is 0 Å². The second kappa shape index (κ2) is 7.88. The third-order valence-electron chi connectivity index (χ3n) is 2.66. The van der Waals surface area contributed by atoms with E-state index in [2.05, 4.69) is 5.32 Å². The highest BCUT2D eigenvalue weighted by Gasteiger charge is 2.21. The lowest BCUT2D eigenvalue weighted by molar-refractivity contribution is -0.126. The Hall–Kier alpha value is -1.35. The summed E-state index contributed by atoms with van der Waals surface area (Å²) in [5.41, 5.74) is 0.803. The van der Waals surface area contributed by atoms with Crippen molar-refractivity contribution in [2.24, 2.45) is 0 Å². The van der Waals surface area contributed by atoms with Crippen molar-refractivity contribution in [1.82, 2.24) is 5.32 Å². The van der Waals surface area contributed by atoms with Gasteiger partial charge in [-0.3, -0.25) is 9.59 Å². The number of unbranched alkanes of at least 4 members (excludes halogenated alkanes) is 1. The number of Topliss-reactive ketones (excluding diaryl/α,β-unsaturated/α-hetero) is 1. The summed E-state index contributed by atoms with van der Waals surface area (Å²) in [6.07, 6.45) is 2.26. The molecule has 1 rings (SSSR count). The van der Waals surface area contributed by atoms with Crippen molar-refractivity contribution >= 4 is 23.3 Å². The molecule has 0 spiro atoms. The minimum atomic E-state index is -0.580. The van der Waals surface area contributed by atoms with Gasteiger partial charge in [-0.05, 0) is 12.0 Å². The van der Waals surface area contributed by atoms with Gasteiger partial charge in [-0.15, -0.1) is 11.6 Å². The van der Waals surface area contributed by atoms with Crippen molar-refractivity contribution in [3.8, 4) is 0 Å². The first kappa shape index (κ1) is 14.7. The third kappa shape index (κ3) is 4.49. The molecule has 0 aromatic heterocycles. The second-order valence-corrected chi connectivity index (χ2v) is 4.38. The Bertz CT molecular complexity index is 392. The van der Waals surface area contributed by atoms with Crippen molar-refractivity contribution in [2.45, 2.75) is 32.2 Å². The molecule has 1 unspecified atom stereocenters. The fourth-order valence-corrected chi connectivity index (χ4v) is 1.77. The molecule has 0 bridgehead atoms. The van der Waals surface area contributed by atoms with Crippen LogP contribution in [0.4, 0.5) is 0 Å². The zero-order valence-corrected chi connectivity index (χ0v) is 11.2. The van der Waals surface area contributed by atoms with Crippen molar-refractivity contribution in [3.05, 3.63) is 35.9 Å².